The molecule has 1 saturated carbocycles. The predicted octanol–water partition coefficient (Wildman–Crippen LogP) is 4.02. The molecule has 8 nitrogen and oxygen atoms in total. The van der Waals surface area contributed by atoms with Crippen molar-refractivity contribution in [1.82, 2.24) is 15.2 Å². The van der Waals surface area contributed by atoms with Gasteiger partial charge in [0.25, 0.3) is 0 Å². The normalized spacial score (nSPS) is 26.2. The van der Waals surface area contributed by atoms with Crippen molar-refractivity contribution in [1.29, 1.82) is 5.26 Å². The van der Waals surface area contributed by atoms with Gasteiger partial charge >= 0.3 is 0 Å². The standard InChI is InChI=1S/C29H34ClN5O3S/c1-20-21(2)33-35(16-8-11-22-9-4-3-5-10-22)28(20)34-18-23(39(37,38)26-13-7-6-12-24(26)30)17-25(34)27(36)32-29(19-31)14-15-29/h3-7,9-10,12-13,20,23,25,28H,8,11,14-18H2,1-2H3,(H,32,36)/t20?,23-,25+,28?/m1/s1. The molecule has 1 saturated heterocycles. The van der Waals surface area contributed by atoms with Crippen LogP contribution in [0, 0.1) is 17.2 Å². The summed E-state index contributed by atoms with van der Waals surface area (Å²) in [6.45, 7) is 4.91. The zero-order valence-electron chi connectivity index (χ0n) is 22.3. The summed E-state index contributed by atoms with van der Waals surface area (Å²) in [7, 11) is -3.81. The number of sulfone groups is 1. The summed E-state index contributed by atoms with van der Waals surface area (Å²) in [6.07, 6.45) is 2.84. The average Bonchev–Trinajstić information content (AvgIpc) is 3.45. The number of nitrogens with zero attached hydrogens (tertiary/aromatic N) is 4. The fraction of sp³-hybridized carbons (Fsp3) is 0.483. The number of amides is 1. The fourth-order valence-corrected chi connectivity index (χ4v) is 7.95. The van der Waals surface area contributed by atoms with Gasteiger partial charge in [-0.2, -0.15) is 10.4 Å². The number of carbonyl (C=O) groups excluding carboxylic acids is 1. The first kappa shape index (κ1) is 27.6. The van der Waals surface area contributed by atoms with E-state index in [1.165, 1.54) is 11.6 Å². The average molecular weight is 568 g/mol. The Bertz CT molecular complexity index is 1400. The van der Waals surface area contributed by atoms with E-state index in [0.717, 1.165) is 18.6 Å². The Morgan fingerprint density at radius 2 is 1.87 bits per heavy atom. The molecule has 2 aromatic rings. The van der Waals surface area contributed by atoms with E-state index >= 15 is 0 Å². The number of hydrazone groups is 1. The Balaban J connectivity index is 1.41. The first-order valence-corrected chi connectivity index (χ1v) is 15.4. The quantitative estimate of drug-likeness (QED) is 0.491. The molecule has 2 aliphatic heterocycles. The molecule has 10 heteroatoms. The zero-order chi connectivity index (χ0) is 27.8. The minimum atomic E-state index is -3.81. The third-order valence-corrected chi connectivity index (χ3v) is 10.9. The van der Waals surface area contributed by atoms with Gasteiger partial charge in [0.2, 0.25) is 5.91 Å². The molecule has 1 aliphatic carbocycles. The molecular weight excluding hydrogens is 534 g/mol. The van der Waals surface area contributed by atoms with Gasteiger partial charge in [-0.1, -0.05) is 61.0 Å². The van der Waals surface area contributed by atoms with Crippen LogP contribution in [0.5, 0.6) is 0 Å². The molecule has 2 aromatic carbocycles. The molecule has 1 N–H and O–H groups in total. The van der Waals surface area contributed by atoms with Gasteiger partial charge in [-0.25, -0.2) is 8.42 Å². The highest BCUT2D eigenvalue weighted by molar-refractivity contribution is 7.92. The molecule has 0 aromatic heterocycles. The molecule has 0 radical (unpaired) electrons. The summed E-state index contributed by atoms with van der Waals surface area (Å²) in [6, 6.07) is 18.2. The highest BCUT2D eigenvalue weighted by Crippen LogP contribution is 2.39. The molecule has 0 bridgehead atoms. The molecule has 2 heterocycles. The van der Waals surface area contributed by atoms with Crippen LogP contribution in [-0.4, -0.2) is 66.0 Å². The molecule has 1 amide bonds. The van der Waals surface area contributed by atoms with Crippen molar-refractivity contribution in [2.45, 2.75) is 73.8 Å². The monoisotopic (exact) mass is 567 g/mol. The van der Waals surface area contributed by atoms with Gasteiger partial charge in [-0.3, -0.25) is 14.7 Å². The summed E-state index contributed by atoms with van der Waals surface area (Å²) in [5.74, 6) is -0.295. The number of hydrogen-bond donors (Lipinski definition) is 1. The molecule has 0 spiro atoms. The summed E-state index contributed by atoms with van der Waals surface area (Å²) in [4.78, 5) is 15.7. The van der Waals surface area contributed by atoms with Crippen LogP contribution in [0.3, 0.4) is 0 Å². The Labute approximate surface area is 235 Å². The van der Waals surface area contributed by atoms with Crippen molar-refractivity contribution < 1.29 is 13.2 Å². The Morgan fingerprint density at radius 1 is 1.18 bits per heavy atom. The number of benzene rings is 2. The van der Waals surface area contributed by atoms with Crippen LogP contribution in [0.2, 0.25) is 5.02 Å². The van der Waals surface area contributed by atoms with E-state index in [4.69, 9.17) is 16.7 Å². The third-order valence-electron chi connectivity index (χ3n) is 8.25. The lowest BCUT2D eigenvalue weighted by Gasteiger charge is -2.37. The van der Waals surface area contributed by atoms with E-state index in [1.807, 2.05) is 35.0 Å². The van der Waals surface area contributed by atoms with Gasteiger partial charge < -0.3 is 5.32 Å². The van der Waals surface area contributed by atoms with Crippen LogP contribution in [0.4, 0.5) is 0 Å². The molecule has 3 aliphatic rings. The van der Waals surface area contributed by atoms with E-state index in [-0.39, 0.29) is 40.9 Å². The highest BCUT2D eigenvalue weighted by Gasteiger charge is 2.53. The number of hydrogen-bond acceptors (Lipinski definition) is 7. The smallest absolute Gasteiger partial charge is 0.238 e. The Hall–Kier alpha value is -2.93. The van der Waals surface area contributed by atoms with Crippen molar-refractivity contribution in [2.75, 3.05) is 13.1 Å². The highest BCUT2D eigenvalue weighted by atomic mass is 35.5. The van der Waals surface area contributed by atoms with E-state index in [2.05, 4.69) is 30.4 Å². The summed E-state index contributed by atoms with van der Waals surface area (Å²) < 4.78 is 27.5. The second kappa shape index (κ2) is 10.9. The maximum absolute atomic E-state index is 13.8. The maximum Gasteiger partial charge on any atom is 0.238 e. The van der Waals surface area contributed by atoms with Gasteiger partial charge in [-0.15, -0.1) is 0 Å². The van der Waals surface area contributed by atoms with Crippen molar-refractivity contribution >= 4 is 33.1 Å². The minimum Gasteiger partial charge on any atom is -0.336 e. The summed E-state index contributed by atoms with van der Waals surface area (Å²) in [5, 5.41) is 18.7. The second-order valence-electron chi connectivity index (χ2n) is 10.9. The molecule has 39 heavy (non-hydrogen) atoms. The van der Waals surface area contributed by atoms with Crippen LogP contribution in [0.25, 0.3) is 0 Å². The van der Waals surface area contributed by atoms with E-state index in [1.54, 1.807) is 18.2 Å². The van der Waals surface area contributed by atoms with Crippen molar-refractivity contribution in [2.24, 2.45) is 11.0 Å². The number of nitrogens with one attached hydrogen (secondary N) is 1. The van der Waals surface area contributed by atoms with E-state index < -0.39 is 26.7 Å². The molecular formula is C29H34ClN5O3S. The maximum atomic E-state index is 13.8. The summed E-state index contributed by atoms with van der Waals surface area (Å²) >= 11 is 6.30. The van der Waals surface area contributed by atoms with Crippen molar-refractivity contribution in [3.8, 4) is 6.07 Å². The predicted molar refractivity (Wildman–Crippen MR) is 151 cm³/mol. The van der Waals surface area contributed by atoms with Crippen LogP contribution < -0.4 is 5.32 Å². The number of nitriles is 1. The van der Waals surface area contributed by atoms with E-state index in [9.17, 15) is 18.5 Å². The lowest BCUT2D eigenvalue weighted by atomic mass is 10.0. The largest absolute Gasteiger partial charge is 0.336 e. The number of aryl methyl sites for hydroxylation is 1. The van der Waals surface area contributed by atoms with Gasteiger partial charge in [0, 0.05) is 24.7 Å². The lowest BCUT2D eigenvalue weighted by molar-refractivity contribution is -0.128. The van der Waals surface area contributed by atoms with Gasteiger partial charge in [0.1, 0.15) is 11.7 Å². The van der Waals surface area contributed by atoms with E-state index in [0.29, 0.717) is 19.4 Å². The third kappa shape index (κ3) is 5.56. The second-order valence-corrected chi connectivity index (χ2v) is 13.5. The molecule has 4 atom stereocenters. The topological polar surface area (TPSA) is 106 Å². The minimum absolute atomic E-state index is 0.00430. The zero-order valence-corrected chi connectivity index (χ0v) is 23.8. The summed E-state index contributed by atoms with van der Waals surface area (Å²) in [5.41, 5.74) is 1.36. The molecule has 2 unspecified atom stereocenters. The first-order valence-electron chi connectivity index (χ1n) is 13.5. The fourth-order valence-electron chi connectivity index (χ4n) is 5.72. The first-order chi connectivity index (χ1) is 18.6. The lowest BCUT2D eigenvalue weighted by Crippen LogP contribution is -2.55. The van der Waals surface area contributed by atoms with Crippen LogP contribution in [-0.2, 0) is 21.1 Å². The van der Waals surface area contributed by atoms with Crippen LogP contribution >= 0.6 is 11.6 Å². The number of carbonyl (C=O) groups is 1. The van der Waals surface area contributed by atoms with Crippen molar-refractivity contribution in [3.63, 3.8) is 0 Å². The Kier molecular flexibility index (Phi) is 7.73. The van der Waals surface area contributed by atoms with Crippen molar-refractivity contribution in [3.05, 3.63) is 65.2 Å². The van der Waals surface area contributed by atoms with Gasteiger partial charge in [0.05, 0.1) is 27.3 Å². The van der Waals surface area contributed by atoms with Crippen LogP contribution in [0.15, 0.2) is 64.6 Å². The molecule has 2 fully saturated rings. The number of rotatable bonds is 9. The number of halogens is 1. The van der Waals surface area contributed by atoms with Gasteiger partial charge in [0.15, 0.2) is 9.84 Å². The van der Waals surface area contributed by atoms with Gasteiger partial charge in [-0.05, 0) is 56.7 Å². The molecule has 206 valence electrons. The SMILES string of the molecule is CC1=NN(CCCc2ccccc2)C(N2C[C@H](S(=O)(=O)c3ccccc3Cl)C[C@H]2C(=O)NC2(C#N)CC2)C1C. The van der Waals surface area contributed by atoms with Crippen LogP contribution in [0.1, 0.15) is 45.1 Å². The Morgan fingerprint density at radius 3 is 2.54 bits per heavy atom. The molecule has 5 rings (SSSR count). The number of likely N-dealkylation sites (tertiary alicyclic amines) is 1.